The second-order valence-corrected chi connectivity index (χ2v) is 6.43. The Morgan fingerprint density at radius 2 is 1.85 bits per heavy atom. The lowest BCUT2D eigenvalue weighted by atomic mass is 10.0. The monoisotopic (exact) mass is 369 g/mol. The molecule has 1 amide bonds. The smallest absolute Gasteiger partial charge is 0.305 e. The molecule has 2 aromatic carbocycles. The van der Waals surface area contributed by atoms with Gasteiger partial charge in [0.2, 0.25) is 0 Å². The van der Waals surface area contributed by atoms with Gasteiger partial charge in [0.25, 0.3) is 5.91 Å². The standard InChI is InChI=1S/C20H20FN3O3/c1-13-10-11-24(23-13)17-8-4-15(5-9-17)20(27)22-18(12-19(25)26)14-2-6-16(21)7-3-14/h2-9,18H,10-12H2,1H3,(H,22,27)(H,25,26). The van der Waals surface area contributed by atoms with E-state index >= 15 is 0 Å². The van der Waals surface area contributed by atoms with Gasteiger partial charge in [0.1, 0.15) is 5.82 Å². The minimum absolute atomic E-state index is 0.294. The Bertz CT molecular complexity index is 863. The van der Waals surface area contributed by atoms with Crippen molar-refractivity contribution in [1.82, 2.24) is 5.32 Å². The van der Waals surface area contributed by atoms with Crippen molar-refractivity contribution in [3.8, 4) is 0 Å². The summed E-state index contributed by atoms with van der Waals surface area (Å²) in [5.74, 6) is -1.87. The van der Waals surface area contributed by atoms with Gasteiger partial charge in [0.15, 0.2) is 0 Å². The molecule has 0 saturated heterocycles. The van der Waals surface area contributed by atoms with Crippen LogP contribution in [0.4, 0.5) is 10.1 Å². The molecule has 1 unspecified atom stereocenters. The average molecular weight is 369 g/mol. The number of carboxylic acids is 1. The van der Waals surface area contributed by atoms with Crippen molar-refractivity contribution in [2.45, 2.75) is 25.8 Å². The summed E-state index contributed by atoms with van der Waals surface area (Å²) in [6.45, 7) is 2.78. The van der Waals surface area contributed by atoms with E-state index in [9.17, 15) is 14.0 Å². The topological polar surface area (TPSA) is 82.0 Å². The molecule has 0 fully saturated rings. The number of halogens is 1. The number of benzene rings is 2. The van der Waals surface area contributed by atoms with Crippen LogP contribution in [0, 0.1) is 5.82 Å². The average Bonchev–Trinajstić information content (AvgIpc) is 3.08. The van der Waals surface area contributed by atoms with Gasteiger partial charge in [-0.15, -0.1) is 0 Å². The van der Waals surface area contributed by atoms with Crippen LogP contribution in [-0.2, 0) is 4.79 Å². The summed E-state index contributed by atoms with van der Waals surface area (Å²) in [5.41, 5.74) is 2.90. The Labute approximate surface area is 156 Å². The van der Waals surface area contributed by atoms with Gasteiger partial charge in [-0.05, 0) is 48.9 Å². The quantitative estimate of drug-likeness (QED) is 0.818. The van der Waals surface area contributed by atoms with E-state index in [2.05, 4.69) is 10.4 Å². The molecule has 0 spiro atoms. The highest BCUT2D eigenvalue weighted by atomic mass is 19.1. The zero-order valence-corrected chi connectivity index (χ0v) is 14.9. The van der Waals surface area contributed by atoms with E-state index in [1.165, 1.54) is 24.3 Å². The van der Waals surface area contributed by atoms with Crippen molar-refractivity contribution in [3.05, 3.63) is 65.5 Å². The van der Waals surface area contributed by atoms with Gasteiger partial charge in [0, 0.05) is 24.2 Å². The summed E-state index contributed by atoms with van der Waals surface area (Å²) >= 11 is 0. The predicted molar refractivity (Wildman–Crippen MR) is 100 cm³/mol. The fourth-order valence-corrected chi connectivity index (χ4v) is 2.91. The number of anilines is 1. The molecule has 6 nitrogen and oxygen atoms in total. The summed E-state index contributed by atoms with van der Waals surface area (Å²) in [4.78, 5) is 23.7. The van der Waals surface area contributed by atoms with Crippen LogP contribution in [0.2, 0.25) is 0 Å². The maximum Gasteiger partial charge on any atom is 0.305 e. The first-order valence-electron chi connectivity index (χ1n) is 8.62. The number of hydrogen-bond donors (Lipinski definition) is 2. The molecule has 27 heavy (non-hydrogen) atoms. The van der Waals surface area contributed by atoms with E-state index in [1.54, 1.807) is 24.3 Å². The number of hydrogen-bond acceptors (Lipinski definition) is 4. The Balaban J connectivity index is 1.73. The number of carboxylic acid groups (broad SMARTS) is 1. The second kappa shape index (κ2) is 7.99. The zero-order chi connectivity index (χ0) is 19.4. The van der Waals surface area contributed by atoms with Gasteiger partial charge >= 0.3 is 5.97 Å². The van der Waals surface area contributed by atoms with Crippen LogP contribution >= 0.6 is 0 Å². The first kappa shape index (κ1) is 18.6. The molecule has 0 aliphatic carbocycles. The Kier molecular flexibility index (Phi) is 5.49. The fraction of sp³-hybridized carbons (Fsp3) is 0.250. The highest BCUT2D eigenvalue weighted by Gasteiger charge is 2.20. The van der Waals surface area contributed by atoms with Crippen LogP contribution in [-0.4, -0.2) is 29.2 Å². The molecule has 1 atom stereocenters. The maximum atomic E-state index is 13.1. The fourth-order valence-electron chi connectivity index (χ4n) is 2.91. The Hall–Kier alpha value is -3.22. The van der Waals surface area contributed by atoms with E-state index in [4.69, 9.17) is 5.11 Å². The molecule has 0 bridgehead atoms. The summed E-state index contributed by atoms with van der Waals surface area (Å²) in [6.07, 6.45) is 0.619. The number of nitrogens with zero attached hydrogens (tertiary/aromatic N) is 2. The molecule has 2 N–H and O–H groups in total. The molecule has 0 aromatic heterocycles. The first-order chi connectivity index (χ1) is 12.9. The van der Waals surface area contributed by atoms with E-state index in [0.717, 1.165) is 24.4 Å². The van der Waals surface area contributed by atoms with E-state index in [1.807, 2.05) is 11.9 Å². The highest BCUT2D eigenvalue weighted by molar-refractivity contribution is 5.95. The molecule has 1 aliphatic rings. The molecule has 0 saturated carbocycles. The third-order valence-corrected chi connectivity index (χ3v) is 4.36. The van der Waals surface area contributed by atoms with Crippen molar-refractivity contribution in [2.24, 2.45) is 5.10 Å². The van der Waals surface area contributed by atoms with Crippen LogP contribution in [0.25, 0.3) is 0 Å². The van der Waals surface area contributed by atoms with E-state index in [0.29, 0.717) is 11.1 Å². The summed E-state index contributed by atoms with van der Waals surface area (Å²) in [6, 6.07) is 11.6. The van der Waals surface area contributed by atoms with Gasteiger partial charge in [-0.1, -0.05) is 12.1 Å². The number of amides is 1. The zero-order valence-electron chi connectivity index (χ0n) is 14.9. The third-order valence-electron chi connectivity index (χ3n) is 4.36. The minimum atomic E-state index is -1.05. The lowest BCUT2D eigenvalue weighted by molar-refractivity contribution is -0.137. The van der Waals surface area contributed by atoms with Crippen LogP contribution in [0.1, 0.15) is 41.7 Å². The molecule has 1 heterocycles. The van der Waals surface area contributed by atoms with Gasteiger partial charge in [-0.3, -0.25) is 14.6 Å². The Morgan fingerprint density at radius 1 is 1.19 bits per heavy atom. The number of nitrogens with one attached hydrogen (secondary N) is 1. The van der Waals surface area contributed by atoms with Gasteiger partial charge in [-0.25, -0.2) is 4.39 Å². The van der Waals surface area contributed by atoms with E-state index in [-0.39, 0.29) is 6.42 Å². The van der Waals surface area contributed by atoms with Crippen molar-refractivity contribution >= 4 is 23.3 Å². The van der Waals surface area contributed by atoms with E-state index < -0.39 is 23.7 Å². The Morgan fingerprint density at radius 3 is 2.41 bits per heavy atom. The van der Waals surface area contributed by atoms with Crippen molar-refractivity contribution in [2.75, 3.05) is 11.6 Å². The molecular formula is C20H20FN3O3. The van der Waals surface area contributed by atoms with Crippen molar-refractivity contribution in [1.29, 1.82) is 0 Å². The number of carbonyl (C=O) groups is 2. The molecule has 0 radical (unpaired) electrons. The maximum absolute atomic E-state index is 13.1. The SMILES string of the molecule is CC1=NN(c2ccc(C(=O)NC(CC(=O)O)c3ccc(F)cc3)cc2)CC1. The summed E-state index contributed by atoms with van der Waals surface area (Å²) in [7, 11) is 0. The molecule has 2 aromatic rings. The van der Waals surface area contributed by atoms with Crippen LogP contribution in [0.3, 0.4) is 0 Å². The molecule has 1 aliphatic heterocycles. The van der Waals surface area contributed by atoms with Crippen molar-refractivity contribution < 1.29 is 19.1 Å². The molecule has 3 rings (SSSR count). The number of rotatable bonds is 6. The number of hydrazone groups is 1. The molecular weight excluding hydrogens is 349 g/mol. The van der Waals surface area contributed by atoms with Crippen LogP contribution in [0.15, 0.2) is 53.6 Å². The molecule has 140 valence electrons. The van der Waals surface area contributed by atoms with Crippen LogP contribution < -0.4 is 10.3 Å². The first-order valence-corrected chi connectivity index (χ1v) is 8.62. The van der Waals surface area contributed by atoms with Gasteiger partial charge in [0.05, 0.1) is 18.2 Å². The summed E-state index contributed by atoms with van der Waals surface area (Å²) < 4.78 is 13.1. The number of carbonyl (C=O) groups excluding carboxylic acids is 1. The van der Waals surface area contributed by atoms with Gasteiger partial charge in [-0.2, -0.15) is 5.10 Å². The largest absolute Gasteiger partial charge is 0.481 e. The third kappa shape index (κ3) is 4.69. The number of aliphatic carboxylic acids is 1. The second-order valence-electron chi connectivity index (χ2n) is 6.43. The van der Waals surface area contributed by atoms with Crippen molar-refractivity contribution in [3.63, 3.8) is 0 Å². The highest BCUT2D eigenvalue weighted by Crippen LogP contribution is 2.21. The lowest BCUT2D eigenvalue weighted by Crippen LogP contribution is -2.30. The normalized spacial score (nSPS) is 14.6. The van der Waals surface area contributed by atoms with Crippen LogP contribution in [0.5, 0.6) is 0 Å². The predicted octanol–water partition coefficient (Wildman–Crippen LogP) is 3.36. The molecule has 7 heteroatoms. The minimum Gasteiger partial charge on any atom is -0.481 e. The lowest BCUT2D eigenvalue weighted by Gasteiger charge is -2.18. The summed E-state index contributed by atoms with van der Waals surface area (Å²) in [5, 5.41) is 18.1. The van der Waals surface area contributed by atoms with Gasteiger partial charge < -0.3 is 10.4 Å².